The third-order valence-electron chi connectivity index (χ3n) is 3.26. The zero-order valence-corrected chi connectivity index (χ0v) is 15.2. The van der Waals surface area contributed by atoms with E-state index in [1.165, 1.54) is 24.2 Å². The van der Waals surface area contributed by atoms with Gasteiger partial charge in [0.2, 0.25) is 0 Å². The van der Waals surface area contributed by atoms with Gasteiger partial charge >= 0.3 is 12.1 Å². The lowest BCUT2D eigenvalue weighted by molar-refractivity contribution is -0.147. The number of methoxy groups -OCH3 is 1. The fourth-order valence-corrected chi connectivity index (χ4v) is 2.37. The fourth-order valence-electron chi connectivity index (χ4n) is 2.11. The van der Waals surface area contributed by atoms with Crippen LogP contribution in [0.1, 0.15) is 31.2 Å². The number of benzene rings is 1. The smallest absolute Gasteiger partial charge is 0.416 e. The number of carbonyl (C=O) groups excluding carboxylic acids is 1. The highest BCUT2D eigenvalue weighted by atomic mass is 32.1. The monoisotopic (exact) mass is 389 g/mol. The fraction of sp³-hybridized carbons (Fsp3) is 0.438. The van der Waals surface area contributed by atoms with Crippen molar-refractivity contribution in [2.45, 2.75) is 37.9 Å². The molecule has 2 rings (SSSR count). The Hall–Kier alpha value is -2.23. The maximum Gasteiger partial charge on any atom is 0.416 e. The molecule has 0 aliphatic carbocycles. The second-order valence-electron chi connectivity index (χ2n) is 5.72. The zero-order chi connectivity index (χ0) is 19.5. The number of aromatic nitrogens is 3. The van der Waals surface area contributed by atoms with Crippen LogP contribution >= 0.6 is 12.6 Å². The van der Waals surface area contributed by atoms with Gasteiger partial charge in [0.15, 0.2) is 5.82 Å². The van der Waals surface area contributed by atoms with Gasteiger partial charge in [0, 0.05) is 5.56 Å². The molecule has 0 bridgehead atoms. The molecule has 1 atom stereocenters. The second-order valence-corrected chi connectivity index (χ2v) is 6.32. The van der Waals surface area contributed by atoms with Gasteiger partial charge in [-0.15, -0.1) is 5.10 Å². The van der Waals surface area contributed by atoms with Crippen LogP contribution in [0, 0.1) is 0 Å². The molecule has 0 aliphatic heterocycles. The lowest BCUT2D eigenvalue weighted by Crippen LogP contribution is -2.16. The number of carbonyl (C=O) groups is 1. The number of rotatable bonds is 6. The summed E-state index contributed by atoms with van der Waals surface area (Å²) >= 11 is 4.27. The molecule has 0 radical (unpaired) electrons. The first-order valence-corrected chi connectivity index (χ1v) is 8.17. The van der Waals surface area contributed by atoms with Crippen LogP contribution in [0.3, 0.4) is 0 Å². The zero-order valence-electron chi connectivity index (χ0n) is 14.3. The van der Waals surface area contributed by atoms with Crippen molar-refractivity contribution in [2.75, 3.05) is 7.11 Å². The molecule has 0 aliphatic rings. The summed E-state index contributed by atoms with van der Waals surface area (Å²) in [5.41, 5.74) is -0.730. The minimum Gasteiger partial charge on any atom is -0.497 e. The quantitative estimate of drug-likeness (QED) is 0.602. The molecule has 26 heavy (non-hydrogen) atoms. The Morgan fingerprint density at radius 3 is 2.58 bits per heavy atom. The number of hydrogen-bond acceptors (Lipinski definition) is 6. The van der Waals surface area contributed by atoms with E-state index in [1.54, 1.807) is 13.8 Å². The van der Waals surface area contributed by atoms with Crippen molar-refractivity contribution in [1.29, 1.82) is 0 Å². The van der Waals surface area contributed by atoms with Crippen LogP contribution in [0.2, 0.25) is 0 Å². The van der Waals surface area contributed by atoms with Crippen molar-refractivity contribution >= 4 is 18.6 Å². The molecule has 0 amide bonds. The van der Waals surface area contributed by atoms with Crippen LogP contribution in [0.15, 0.2) is 24.5 Å². The van der Waals surface area contributed by atoms with Gasteiger partial charge in [-0.05, 0) is 32.0 Å². The molecule has 10 heteroatoms. The predicted octanol–water partition coefficient (Wildman–Crippen LogP) is 3.74. The van der Waals surface area contributed by atoms with Gasteiger partial charge in [-0.2, -0.15) is 25.8 Å². The van der Waals surface area contributed by atoms with Crippen molar-refractivity contribution in [3.8, 4) is 17.1 Å². The summed E-state index contributed by atoms with van der Waals surface area (Å²) in [5.74, 6) is -0.363. The number of esters is 1. The summed E-state index contributed by atoms with van der Waals surface area (Å²) in [4.78, 5) is 15.7. The molecule has 1 aromatic heterocycles. The van der Waals surface area contributed by atoms with Gasteiger partial charge in [-0.25, -0.2) is 9.67 Å². The minimum absolute atomic E-state index is 0.0362. The number of thiol groups is 1. The van der Waals surface area contributed by atoms with Crippen molar-refractivity contribution in [1.82, 2.24) is 14.8 Å². The third kappa shape index (κ3) is 5.13. The number of ether oxygens (including phenoxy) is 2. The highest BCUT2D eigenvalue weighted by Gasteiger charge is 2.32. The highest BCUT2D eigenvalue weighted by molar-refractivity contribution is 7.80. The van der Waals surface area contributed by atoms with E-state index in [4.69, 9.17) is 9.47 Å². The Kier molecular flexibility index (Phi) is 6.17. The number of hydrogen-bond donors (Lipinski definition) is 1. The van der Waals surface area contributed by atoms with Crippen LogP contribution < -0.4 is 4.74 Å². The summed E-state index contributed by atoms with van der Waals surface area (Å²) < 4.78 is 50.3. The van der Waals surface area contributed by atoms with E-state index >= 15 is 0 Å². The highest BCUT2D eigenvalue weighted by Crippen LogP contribution is 2.35. The summed E-state index contributed by atoms with van der Waals surface area (Å²) in [7, 11) is 1.27. The van der Waals surface area contributed by atoms with Crippen molar-refractivity contribution in [3.05, 3.63) is 30.1 Å². The van der Waals surface area contributed by atoms with Gasteiger partial charge in [0.25, 0.3) is 0 Å². The maximum atomic E-state index is 13.0. The Morgan fingerprint density at radius 1 is 1.31 bits per heavy atom. The van der Waals surface area contributed by atoms with Gasteiger partial charge < -0.3 is 9.47 Å². The summed E-state index contributed by atoms with van der Waals surface area (Å²) in [6.45, 7) is 3.44. The standard InChI is InChI=1S/C16H18F3N3O3S/c1-9(2)25-14(23)7-13(26)22-8-20-15(21-22)10-4-11(16(17,18)19)6-12(5-10)24-3/h4-6,8-9,13,26H,7H2,1-3H3/t13-/m1/s1. The molecule has 6 nitrogen and oxygen atoms in total. The maximum absolute atomic E-state index is 13.0. The molecular weight excluding hydrogens is 371 g/mol. The van der Waals surface area contributed by atoms with E-state index in [0.717, 1.165) is 12.1 Å². The van der Waals surface area contributed by atoms with E-state index in [1.807, 2.05) is 0 Å². The van der Waals surface area contributed by atoms with Crippen LogP contribution in [0.25, 0.3) is 11.4 Å². The largest absolute Gasteiger partial charge is 0.497 e. The van der Waals surface area contributed by atoms with Crippen molar-refractivity contribution in [3.63, 3.8) is 0 Å². The van der Waals surface area contributed by atoms with Crippen LogP contribution in [-0.2, 0) is 15.7 Å². The summed E-state index contributed by atoms with van der Waals surface area (Å²) in [5, 5.41) is 3.45. The number of halogens is 3. The van der Waals surface area contributed by atoms with Crippen LogP contribution in [0.4, 0.5) is 13.2 Å². The molecule has 0 fully saturated rings. The number of alkyl halides is 3. The van der Waals surface area contributed by atoms with E-state index in [-0.39, 0.29) is 29.7 Å². The topological polar surface area (TPSA) is 66.2 Å². The Balaban J connectivity index is 2.25. The Morgan fingerprint density at radius 2 is 2.00 bits per heavy atom. The molecule has 1 heterocycles. The molecule has 142 valence electrons. The molecular formula is C16H18F3N3O3S. The normalized spacial score (nSPS) is 12.9. The van der Waals surface area contributed by atoms with Crippen molar-refractivity contribution < 1.29 is 27.4 Å². The van der Waals surface area contributed by atoms with E-state index in [2.05, 4.69) is 22.7 Å². The van der Waals surface area contributed by atoms with Gasteiger partial charge in [0.1, 0.15) is 17.5 Å². The minimum atomic E-state index is -4.53. The average molecular weight is 389 g/mol. The lowest BCUT2D eigenvalue weighted by atomic mass is 10.1. The molecule has 0 saturated heterocycles. The number of nitrogens with zero attached hydrogens (tertiary/aromatic N) is 3. The second kappa shape index (κ2) is 7.98. The summed E-state index contributed by atoms with van der Waals surface area (Å²) in [6, 6.07) is 3.22. The van der Waals surface area contributed by atoms with E-state index < -0.39 is 23.1 Å². The molecule has 0 spiro atoms. The molecule has 0 N–H and O–H groups in total. The Labute approximate surface area is 153 Å². The van der Waals surface area contributed by atoms with E-state index in [0.29, 0.717) is 0 Å². The predicted molar refractivity (Wildman–Crippen MR) is 90.9 cm³/mol. The molecule has 0 unspecified atom stereocenters. The van der Waals surface area contributed by atoms with E-state index in [9.17, 15) is 18.0 Å². The SMILES string of the molecule is COc1cc(-c2ncn([C@H](S)CC(=O)OC(C)C)n2)cc(C(F)(F)F)c1. The average Bonchev–Trinajstić information content (AvgIpc) is 3.02. The molecule has 0 saturated carbocycles. The third-order valence-corrected chi connectivity index (χ3v) is 3.68. The van der Waals surface area contributed by atoms with Crippen molar-refractivity contribution in [2.24, 2.45) is 0 Å². The summed E-state index contributed by atoms with van der Waals surface area (Å²) in [6.07, 6.45) is -3.55. The first kappa shape index (κ1) is 20.1. The first-order chi connectivity index (χ1) is 12.1. The molecule has 1 aromatic carbocycles. The Bertz CT molecular complexity index is 778. The van der Waals surface area contributed by atoms with Crippen LogP contribution in [-0.4, -0.2) is 33.9 Å². The molecule has 2 aromatic rings. The van der Waals surface area contributed by atoms with Gasteiger partial charge in [-0.1, -0.05) is 0 Å². The van der Waals surface area contributed by atoms with Crippen LogP contribution in [0.5, 0.6) is 5.75 Å². The first-order valence-electron chi connectivity index (χ1n) is 7.65. The van der Waals surface area contributed by atoms with Gasteiger partial charge in [-0.3, -0.25) is 4.79 Å². The van der Waals surface area contributed by atoms with Gasteiger partial charge in [0.05, 0.1) is 25.2 Å². The lowest BCUT2D eigenvalue weighted by Gasteiger charge is -2.12.